The molecule has 0 saturated carbocycles. The molecule has 0 aliphatic heterocycles. The highest BCUT2D eigenvalue weighted by molar-refractivity contribution is 6.30. The molecule has 0 atom stereocenters. The Bertz CT molecular complexity index is 662. The van der Waals surface area contributed by atoms with E-state index in [0.717, 1.165) is 5.56 Å². The van der Waals surface area contributed by atoms with Crippen LogP contribution in [0.3, 0.4) is 0 Å². The van der Waals surface area contributed by atoms with Crippen LogP contribution in [0.15, 0.2) is 48.7 Å². The number of carbonyl (C=O) groups excluding carboxylic acids is 1. The zero-order valence-corrected chi connectivity index (χ0v) is 12.4. The maximum Gasteiger partial charge on any atom is 0.407 e. The predicted octanol–water partition coefficient (Wildman–Crippen LogP) is 3.81. The largest absolute Gasteiger partial charge is 0.445 e. The van der Waals surface area contributed by atoms with Crippen LogP contribution in [0.5, 0.6) is 0 Å². The zero-order valence-electron chi connectivity index (χ0n) is 11.6. The molecule has 0 fully saturated rings. The molecule has 2 aromatic rings. The van der Waals surface area contributed by atoms with E-state index in [1.807, 2.05) is 30.3 Å². The number of rotatable bonds is 5. The summed E-state index contributed by atoms with van der Waals surface area (Å²) in [6.45, 7) is 0.404. The maximum atomic E-state index is 13.4. The van der Waals surface area contributed by atoms with Gasteiger partial charge in [-0.05, 0) is 17.7 Å². The summed E-state index contributed by atoms with van der Waals surface area (Å²) in [6, 6.07) is 10.5. The molecule has 0 unspecified atom stereocenters. The number of pyridine rings is 1. The van der Waals surface area contributed by atoms with Crippen molar-refractivity contribution in [2.45, 2.75) is 6.61 Å². The molecule has 114 valence electrons. The van der Waals surface area contributed by atoms with Crippen LogP contribution < -0.4 is 5.32 Å². The summed E-state index contributed by atoms with van der Waals surface area (Å²) in [4.78, 5) is 15.3. The Kier molecular flexibility index (Phi) is 5.91. The van der Waals surface area contributed by atoms with Crippen LogP contribution >= 0.6 is 11.6 Å². The Morgan fingerprint density at radius 1 is 1.36 bits per heavy atom. The van der Waals surface area contributed by atoms with Crippen LogP contribution in [0, 0.1) is 5.82 Å². The monoisotopic (exact) mass is 320 g/mol. The molecule has 22 heavy (non-hydrogen) atoms. The molecule has 2 rings (SSSR count). The van der Waals surface area contributed by atoms with E-state index in [0.29, 0.717) is 0 Å². The lowest BCUT2D eigenvalue weighted by atomic mass is 10.2. The van der Waals surface area contributed by atoms with Crippen molar-refractivity contribution in [3.8, 4) is 0 Å². The van der Waals surface area contributed by atoms with Crippen molar-refractivity contribution < 1.29 is 13.9 Å². The Balaban J connectivity index is 1.73. The molecule has 0 spiro atoms. The number of amides is 1. The third kappa shape index (κ3) is 5.18. The van der Waals surface area contributed by atoms with Crippen LogP contribution in [-0.4, -0.2) is 17.6 Å². The quantitative estimate of drug-likeness (QED) is 0.911. The van der Waals surface area contributed by atoms with Gasteiger partial charge < -0.3 is 10.1 Å². The van der Waals surface area contributed by atoms with Gasteiger partial charge in [0.05, 0.1) is 10.7 Å². The summed E-state index contributed by atoms with van der Waals surface area (Å²) in [5.74, 6) is -0.518. The fourth-order valence-corrected chi connectivity index (χ4v) is 1.78. The summed E-state index contributed by atoms with van der Waals surface area (Å²) >= 11 is 5.60. The van der Waals surface area contributed by atoms with Gasteiger partial charge in [0.25, 0.3) is 0 Å². The molecule has 1 aromatic carbocycles. The lowest BCUT2D eigenvalue weighted by molar-refractivity contribution is 0.141. The van der Waals surface area contributed by atoms with Gasteiger partial charge in [-0.2, -0.15) is 0 Å². The Labute approximate surface area is 132 Å². The van der Waals surface area contributed by atoms with E-state index in [1.54, 1.807) is 6.08 Å². The molecule has 1 amide bonds. The van der Waals surface area contributed by atoms with Gasteiger partial charge >= 0.3 is 6.09 Å². The van der Waals surface area contributed by atoms with Crippen molar-refractivity contribution in [3.05, 3.63) is 70.8 Å². The normalized spacial score (nSPS) is 10.6. The number of carbonyl (C=O) groups is 1. The number of alkyl carbamates (subject to hydrolysis) is 1. The van der Waals surface area contributed by atoms with Crippen LogP contribution in [-0.2, 0) is 11.3 Å². The van der Waals surface area contributed by atoms with Crippen LogP contribution in [0.25, 0.3) is 6.08 Å². The SMILES string of the molecule is O=C(NCC=Cc1ncc(Cl)cc1F)OCc1ccccc1. The summed E-state index contributed by atoms with van der Waals surface area (Å²) in [7, 11) is 0. The molecule has 1 aromatic heterocycles. The molecule has 0 bridgehead atoms. The number of nitrogens with one attached hydrogen (secondary N) is 1. The van der Waals surface area contributed by atoms with Gasteiger partial charge in [-0.3, -0.25) is 4.98 Å². The summed E-state index contributed by atoms with van der Waals surface area (Å²) in [5.41, 5.74) is 1.06. The van der Waals surface area contributed by atoms with E-state index in [-0.39, 0.29) is 23.9 Å². The number of hydrogen-bond donors (Lipinski definition) is 1. The second-order valence-electron chi connectivity index (χ2n) is 4.37. The second-order valence-corrected chi connectivity index (χ2v) is 4.80. The van der Waals surface area contributed by atoms with Crippen LogP contribution in [0.4, 0.5) is 9.18 Å². The minimum absolute atomic E-state index is 0.156. The van der Waals surface area contributed by atoms with Gasteiger partial charge in [-0.15, -0.1) is 0 Å². The highest BCUT2D eigenvalue weighted by Crippen LogP contribution is 2.12. The predicted molar refractivity (Wildman–Crippen MR) is 82.9 cm³/mol. The van der Waals surface area contributed by atoms with Crippen LogP contribution in [0.1, 0.15) is 11.3 Å². The molecule has 0 aliphatic carbocycles. The highest BCUT2D eigenvalue weighted by atomic mass is 35.5. The van der Waals surface area contributed by atoms with Gasteiger partial charge in [0.1, 0.15) is 12.4 Å². The van der Waals surface area contributed by atoms with Crippen molar-refractivity contribution in [2.75, 3.05) is 6.54 Å². The third-order valence-electron chi connectivity index (χ3n) is 2.69. The second kappa shape index (κ2) is 8.14. The maximum absolute atomic E-state index is 13.4. The first-order chi connectivity index (χ1) is 10.6. The first kappa shape index (κ1) is 16.0. The first-order valence-corrected chi connectivity index (χ1v) is 6.95. The Hall–Kier alpha value is -2.40. The average molecular weight is 321 g/mol. The van der Waals surface area contributed by atoms with Crippen molar-refractivity contribution in [2.24, 2.45) is 0 Å². The molecule has 0 radical (unpaired) electrons. The van der Waals surface area contributed by atoms with E-state index < -0.39 is 11.9 Å². The highest BCUT2D eigenvalue weighted by Gasteiger charge is 2.02. The zero-order chi connectivity index (χ0) is 15.8. The number of ether oxygens (including phenoxy) is 1. The summed E-state index contributed by atoms with van der Waals surface area (Å²) in [6.07, 6.45) is 3.84. The molecular formula is C16H14ClFN2O2. The van der Waals surface area contributed by atoms with E-state index in [9.17, 15) is 9.18 Å². The standard InChI is InChI=1S/C16H14ClFN2O2/c17-13-9-14(18)15(20-10-13)7-4-8-19-16(21)22-11-12-5-2-1-3-6-12/h1-7,9-10H,8,11H2,(H,19,21). The lowest BCUT2D eigenvalue weighted by Crippen LogP contribution is -2.24. The minimum atomic E-state index is -0.543. The van der Waals surface area contributed by atoms with Crippen molar-refractivity contribution in [1.82, 2.24) is 10.3 Å². The van der Waals surface area contributed by atoms with Gasteiger partial charge in [0.15, 0.2) is 0 Å². The van der Waals surface area contributed by atoms with E-state index >= 15 is 0 Å². The molecule has 0 aliphatic rings. The number of hydrogen-bond acceptors (Lipinski definition) is 3. The first-order valence-electron chi connectivity index (χ1n) is 6.57. The molecular weight excluding hydrogens is 307 g/mol. The van der Waals surface area contributed by atoms with Crippen molar-refractivity contribution >= 4 is 23.8 Å². The molecule has 0 saturated heterocycles. The minimum Gasteiger partial charge on any atom is -0.445 e. The molecule has 6 heteroatoms. The van der Waals surface area contributed by atoms with Gasteiger partial charge in [0.2, 0.25) is 0 Å². The van der Waals surface area contributed by atoms with E-state index in [1.165, 1.54) is 18.3 Å². The summed E-state index contributed by atoms with van der Waals surface area (Å²) in [5, 5.41) is 2.76. The number of benzene rings is 1. The molecule has 1 heterocycles. The van der Waals surface area contributed by atoms with Crippen LogP contribution in [0.2, 0.25) is 5.02 Å². The topological polar surface area (TPSA) is 51.2 Å². The summed E-state index contributed by atoms with van der Waals surface area (Å²) < 4.78 is 18.5. The third-order valence-corrected chi connectivity index (χ3v) is 2.90. The average Bonchev–Trinajstić information content (AvgIpc) is 2.52. The van der Waals surface area contributed by atoms with Gasteiger partial charge in [-0.25, -0.2) is 9.18 Å². The fourth-order valence-electron chi connectivity index (χ4n) is 1.63. The molecule has 1 N–H and O–H groups in total. The van der Waals surface area contributed by atoms with Gasteiger partial charge in [-0.1, -0.05) is 48.0 Å². The lowest BCUT2D eigenvalue weighted by Gasteiger charge is -2.05. The number of nitrogens with zero attached hydrogens (tertiary/aromatic N) is 1. The number of halogens is 2. The molecule has 4 nitrogen and oxygen atoms in total. The van der Waals surface area contributed by atoms with Crippen molar-refractivity contribution in [3.63, 3.8) is 0 Å². The van der Waals surface area contributed by atoms with E-state index in [4.69, 9.17) is 16.3 Å². The Morgan fingerprint density at radius 3 is 2.86 bits per heavy atom. The van der Waals surface area contributed by atoms with Gasteiger partial charge in [0, 0.05) is 12.7 Å². The smallest absolute Gasteiger partial charge is 0.407 e. The fraction of sp³-hybridized carbons (Fsp3) is 0.125. The van der Waals surface area contributed by atoms with E-state index in [2.05, 4.69) is 10.3 Å². The van der Waals surface area contributed by atoms with Crippen molar-refractivity contribution in [1.29, 1.82) is 0 Å². The Morgan fingerprint density at radius 2 is 2.14 bits per heavy atom. The number of aromatic nitrogens is 1.